The smallest absolute Gasteiger partial charge is 0.305 e. The molecule has 1 aliphatic carbocycles. The lowest BCUT2D eigenvalue weighted by Crippen LogP contribution is -2.62. The molecule has 2 N–H and O–H groups in total. The van der Waals surface area contributed by atoms with E-state index < -0.39 is 5.97 Å². The van der Waals surface area contributed by atoms with Gasteiger partial charge in [0.2, 0.25) is 0 Å². The molecule has 2 rings (SSSR count). The molecule has 0 aliphatic heterocycles. The molecule has 5 heteroatoms. The number of rotatable bonds is 8. The number of nitrogens with one attached hydrogen (secondary N) is 1. The number of thiophene rings is 1. The Bertz CT molecular complexity index is 462. The number of carboxylic acids is 1. The predicted octanol–water partition coefficient (Wildman–Crippen LogP) is 3.45. The van der Waals surface area contributed by atoms with Gasteiger partial charge < -0.3 is 15.2 Å². The minimum atomic E-state index is -0.764. The summed E-state index contributed by atoms with van der Waals surface area (Å²) in [6, 6.07) is 4.18. The molecule has 4 atom stereocenters. The molecule has 1 heterocycles. The van der Waals surface area contributed by atoms with Crippen molar-refractivity contribution in [2.24, 2.45) is 5.41 Å². The van der Waals surface area contributed by atoms with Gasteiger partial charge in [-0.1, -0.05) is 19.9 Å². The molecule has 0 aromatic carbocycles. The van der Waals surface area contributed by atoms with E-state index in [0.717, 1.165) is 24.3 Å². The molecule has 1 aliphatic rings. The van der Waals surface area contributed by atoms with Crippen LogP contribution in [0.4, 0.5) is 0 Å². The molecule has 21 heavy (non-hydrogen) atoms. The van der Waals surface area contributed by atoms with Crippen LogP contribution in [0.3, 0.4) is 0 Å². The van der Waals surface area contributed by atoms with Crippen molar-refractivity contribution in [1.82, 2.24) is 5.32 Å². The number of carbonyl (C=O) groups is 1. The van der Waals surface area contributed by atoms with E-state index >= 15 is 0 Å². The van der Waals surface area contributed by atoms with E-state index in [1.807, 2.05) is 24.4 Å². The van der Waals surface area contributed by atoms with Crippen LogP contribution in [-0.2, 0) is 9.53 Å². The highest BCUT2D eigenvalue weighted by atomic mass is 32.1. The maximum Gasteiger partial charge on any atom is 0.305 e. The van der Waals surface area contributed by atoms with Crippen LogP contribution >= 0.6 is 11.3 Å². The van der Waals surface area contributed by atoms with Crippen molar-refractivity contribution < 1.29 is 14.6 Å². The Kier molecular flexibility index (Phi) is 5.41. The van der Waals surface area contributed by atoms with Crippen LogP contribution in [0.15, 0.2) is 17.5 Å². The van der Waals surface area contributed by atoms with Gasteiger partial charge in [-0.2, -0.15) is 0 Å². The average Bonchev–Trinajstić information content (AvgIpc) is 2.97. The third-order valence-corrected chi connectivity index (χ3v) is 5.76. The van der Waals surface area contributed by atoms with Crippen molar-refractivity contribution in [1.29, 1.82) is 0 Å². The van der Waals surface area contributed by atoms with Gasteiger partial charge in [0, 0.05) is 22.9 Å². The maximum absolute atomic E-state index is 11.1. The normalized spacial score (nSPS) is 29.9. The fraction of sp³-hybridized carbons (Fsp3) is 0.688. The van der Waals surface area contributed by atoms with Crippen LogP contribution in [0.2, 0.25) is 0 Å². The molecule has 118 valence electrons. The number of hydrogen-bond donors (Lipinski definition) is 2. The SMILES string of the molecule is CCOC1CC(NC(CC(=O)O)c2cccs2)C1(C)CC. The average molecular weight is 311 g/mol. The standard InChI is InChI=1S/C16H25NO3S/c1-4-16(3)13(10-14(16)20-5-2)17-11(9-15(18)19)12-7-6-8-21-12/h6-8,11,13-14,17H,4-5,9-10H2,1-3H3,(H,18,19). The second-order valence-corrected chi connectivity index (χ2v) is 6.90. The Hall–Kier alpha value is -0.910. The van der Waals surface area contributed by atoms with Crippen molar-refractivity contribution in [3.8, 4) is 0 Å². The van der Waals surface area contributed by atoms with Crippen LogP contribution < -0.4 is 5.32 Å². The summed E-state index contributed by atoms with van der Waals surface area (Å²) in [5.41, 5.74) is 0.0873. The lowest BCUT2D eigenvalue weighted by atomic mass is 9.61. The van der Waals surface area contributed by atoms with E-state index in [4.69, 9.17) is 9.84 Å². The van der Waals surface area contributed by atoms with E-state index in [1.54, 1.807) is 11.3 Å². The minimum absolute atomic E-state index is 0.0873. The van der Waals surface area contributed by atoms with Crippen LogP contribution in [0.25, 0.3) is 0 Å². The number of hydrogen-bond acceptors (Lipinski definition) is 4. The summed E-state index contributed by atoms with van der Waals surface area (Å²) in [4.78, 5) is 12.2. The zero-order valence-electron chi connectivity index (χ0n) is 13.0. The predicted molar refractivity (Wildman–Crippen MR) is 84.7 cm³/mol. The zero-order valence-corrected chi connectivity index (χ0v) is 13.8. The van der Waals surface area contributed by atoms with Gasteiger partial charge in [0.25, 0.3) is 0 Å². The van der Waals surface area contributed by atoms with Gasteiger partial charge in [-0.15, -0.1) is 11.3 Å². The third-order valence-electron chi connectivity index (χ3n) is 4.78. The zero-order chi connectivity index (χ0) is 15.5. The summed E-state index contributed by atoms with van der Waals surface area (Å²) in [5, 5.41) is 14.7. The van der Waals surface area contributed by atoms with E-state index in [1.165, 1.54) is 0 Å². The molecule has 4 unspecified atom stereocenters. The van der Waals surface area contributed by atoms with Crippen molar-refractivity contribution >= 4 is 17.3 Å². The Morgan fingerprint density at radius 1 is 1.62 bits per heavy atom. The fourth-order valence-corrected chi connectivity index (χ4v) is 3.94. The molecular formula is C16H25NO3S. The molecule has 0 amide bonds. The molecule has 0 saturated heterocycles. The highest BCUT2D eigenvalue weighted by molar-refractivity contribution is 7.10. The van der Waals surface area contributed by atoms with Gasteiger partial charge >= 0.3 is 5.97 Å². The summed E-state index contributed by atoms with van der Waals surface area (Å²) in [5.74, 6) is -0.764. The third kappa shape index (κ3) is 3.47. The highest BCUT2D eigenvalue weighted by Crippen LogP contribution is 2.47. The maximum atomic E-state index is 11.1. The summed E-state index contributed by atoms with van der Waals surface area (Å²) < 4.78 is 5.81. The highest BCUT2D eigenvalue weighted by Gasteiger charge is 2.51. The van der Waals surface area contributed by atoms with Gasteiger partial charge in [-0.25, -0.2) is 0 Å². The second kappa shape index (κ2) is 6.90. The van der Waals surface area contributed by atoms with Gasteiger partial charge in [0.1, 0.15) is 0 Å². The van der Waals surface area contributed by atoms with Crippen molar-refractivity contribution in [2.45, 2.75) is 58.2 Å². The summed E-state index contributed by atoms with van der Waals surface area (Å²) >= 11 is 1.61. The minimum Gasteiger partial charge on any atom is -0.481 e. The van der Waals surface area contributed by atoms with Gasteiger partial charge in [-0.05, 0) is 31.2 Å². The van der Waals surface area contributed by atoms with Crippen LogP contribution in [0.5, 0.6) is 0 Å². The number of carboxylic acid groups (broad SMARTS) is 1. The molecule has 0 radical (unpaired) electrons. The van der Waals surface area contributed by atoms with E-state index in [9.17, 15) is 4.79 Å². The van der Waals surface area contributed by atoms with Crippen LogP contribution in [0.1, 0.15) is 51.0 Å². The quantitative estimate of drug-likeness (QED) is 0.772. The molecule has 0 spiro atoms. The molecule has 1 aromatic rings. The monoisotopic (exact) mass is 311 g/mol. The Labute approximate surface area is 130 Å². The number of aliphatic carboxylic acids is 1. The summed E-state index contributed by atoms with van der Waals surface area (Å²) in [6.07, 6.45) is 2.38. The van der Waals surface area contributed by atoms with Crippen molar-refractivity contribution in [2.75, 3.05) is 6.61 Å². The first-order chi connectivity index (χ1) is 10.0. The lowest BCUT2D eigenvalue weighted by molar-refractivity contribution is -0.140. The van der Waals surface area contributed by atoms with E-state index in [2.05, 4.69) is 19.2 Å². The van der Waals surface area contributed by atoms with Gasteiger partial charge in [0.15, 0.2) is 0 Å². The van der Waals surface area contributed by atoms with Crippen LogP contribution in [0, 0.1) is 5.41 Å². The molecule has 1 saturated carbocycles. The van der Waals surface area contributed by atoms with Gasteiger partial charge in [-0.3, -0.25) is 4.79 Å². The first-order valence-electron chi connectivity index (χ1n) is 7.64. The summed E-state index contributed by atoms with van der Waals surface area (Å²) in [7, 11) is 0. The van der Waals surface area contributed by atoms with E-state index in [0.29, 0.717) is 6.04 Å². The fourth-order valence-electron chi connectivity index (χ4n) is 3.16. The molecular weight excluding hydrogens is 286 g/mol. The van der Waals surface area contributed by atoms with Gasteiger partial charge in [0.05, 0.1) is 18.6 Å². The Morgan fingerprint density at radius 3 is 2.90 bits per heavy atom. The van der Waals surface area contributed by atoms with Crippen molar-refractivity contribution in [3.05, 3.63) is 22.4 Å². The number of ether oxygens (including phenoxy) is 1. The topological polar surface area (TPSA) is 58.6 Å². The molecule has 1 fully saturated rings. The molecule has 4 nitrogen and oxygen atoms in total. The molecule has 1 aromatic heterocycles. The Morgan fingerprint density at radius 2 is 2.38 bits per heavy atom. The van der Waals surface area contributed by atoms with Crippen LogP contribution in [-0.4, -0.2) is 29.8 Å². The summed E-state index contributed by atoms with van der Waals surface area (Å²) in [6.45, 7) is 7.17. The second-order valence-electron chi connectivity index (χ2n) is 5.92. The lowest BCUT2D eigenvalue weighted by Gasteiger charge is -2.54. The largest absolute Gasteiger partial charge is 0.481 e. The van der Waals surface area contributed by atoms with E-state index in [-0.39, 0.29) is 24.0 Å². The van der Waals surface area contributed by atoms with Crippen molar-refractivity contribution in [3.63, 3.8) is 0 Å². The molecule has 0 bridgehead atoms. The Balaban J connectivity index is 2.05. The first kappa shape index (κ1) is 16.5. The first-order valence-corrected chi connectivity index (χ1v) is 8.52.